The Morgan fingerprint density at radius 2 is 2.05 bits per heavy atom. The van der Waals surface area contributed by atoms with Crippen LogP contribution < -0.4 is 5.32 Å². The first-order chi connectivity index (χ1) is 10.6. The second-order valence-electron chi connectivity index (χ2n) is 5.81. The minimum Gasteiger partial charge on any atom is -0.456 e. The van der Waals surface area contributed by atoms with Gasteiger partial charge in [0, 0.05) is 17.1 Å². The minimum absolute atomic E-state index is 0.255. The van der Waals surface area contributed by atoms with Crippen LogP contribution in [0, 0.1) is 12.8 Å². The van der Waals surface area contributed by atoms with Crippen LogP contribution in [0.25, 0.3) is 0 Å². The van der Waals surface area contributed by atoms with Gasteiger partial charge in [-0.25, -0.2) is 0 Å². The first kappa shape index (κ1) is 16.8. The standard InChI is InChI=1S/C17H22ClNO3/c1-12-14(18)7-4-8-15(12)19-16(20)11-22-17(21)10-9-13-5-2-3-6-13/h4,7-8,13H,2-3,5-6,9-11H2,1H3,(H,19,20). The van der Waals surface area contributed by atoms with Crippen molar-refractivity contribution in [1.29, 1.82) is 0 Å². The van der Waals surface area contributed by atoms with Crippen LogP contribution in [-0.4, -0.2) is 18.5 Å². The van der Waals surface area contributed by atoms with E-state index in [1.165, 1.54) is 25.7 Å². The van der Waals surface area contributed by atoms with E-state index in [2.05, 4.69) is 5.32 Å². The molecule has 1 N–H and O–H groups in total. The predicted octanol–water partition coefficient (Wildman–Crippen LogP) is 4.10. The lowest BCUT2D eigenvalue weighted by atomic mass is 10.0. The molecule has 1 aromatic carbocycles. The van der Waals surface area contributed by atoms with Crippen LogP contribution in [0.2, 0.25) is 5.02 Å². The summed E-state index contributed by atoms with van der Waals surface area (Å²) in [6.45, 7) is 1.57. The highest BCUT2D eigenvalue weighted by Crippen LogP contribution is 2.28. The Labute approximate surface area is 136 Å². The summed E-state index contributed by atoms with van der Waals surface area (Å²) in [4.78, 5) is 23.5. The van der Waals surface area contributed by atoms with E-state index in [-0.39, 0.29) is 18.5 Å². The quantitative estimate of drug-likeness (QED) is 0.802. The van der Waals surface area contributed by atoms with E-state index in [1.54, 1.807) is 18.2 Å². The number of carbonyl (C=O) groups is 2. The van der Waals surface area contributed by atoms with E-state index in [0.717, 1.165) is 12.0 Å². The van der Waals surface area contributed by atoms with E-state index in [9.17, 15) is 9.59 Å². The van der Waals surface area contributed by atoms with Crippen molar-refractivity contribution in [3.63, 3.8) is 0 Å². The van der Waals surface area contributed by atoms with Crippen LogP contribution in [0.5, 0.6) is 0 Å². The number of hydrogen-bond donors (Lipinski definition) is 1. The lowest BCUT2D eigenvalue weighted by Crippen LogP contribution is -2.21. The fraction of sp³-hybridized carbons (Fsp3) is 0.529. The second kappa shape index (κ2) is 8.18. The summed E-state index contributed by atoms with van der Waals surface area (Å²) in [6, 6.07) is 5.29. The Morgan fingerprint density at radius 1 is 1.32 bits per heavy atom. The molecule has 0 aromatic heterocycles. The molecule has 0 aliphatic heterocycles. The van der Waals surface area contributed by atoms with Crippen LogP contribution in [0.1, 0.15) is 44.1 Å². The Morgan fingerprint density at radius 3 is 2.77 bits per heavy atom. The number of carbonyl (C=O) groups excluding carboxylic acids is 2. The molecule has 120 valence electrons. The molecule has 1 fully saturated rings. The molecule has 0 unspecified atom stereocenters. The third-order valence-electron chi connectivity index (χ3n) is 4.14. The highest BCUT2D eigenvalue weighted by Gasteiger charge is 2.17. The summed E-state index contributed by atoms with van der Waals surface area (Å²) in [6.07, 6.45) is 6.22. The highest BCUT2D eigenvalue weighted by atomic mass is 35.5. The van der Waals surface area contributed by atoms with E-state index in [0.29, 0.717) is 23.0 Å². The Balaban J connectivity index is 1.70. The van der Waals surface area contributed by atoms with Crippen molar-refractivity contribution in [2.75, 3.05) is 11.9 Å². The number of benzene rings is 1. The van der Waals surface area contributed by atoms with E-state index in [1.807, 2.05) is 6.92 Å². The zero-order valence-electron chi connectivity index (χ0n) is 12.9. The summed E-state index contributed by atoms with van der Waals surface area (Å²) in [5.74, 6) is -0.0000594. The lowest BCUT2D eigenvalue weighted by Gasteiger charge is -2.11. The Kier molecular flexibility index (Phi) is 6.25. The van der Waals surface area contributed by atoms with Crippen LogP contribution in [0.4, 0.5) is 5.69 Å². The molecule has 4 nitrogen and oxygen atoms in total. The number of ether oxygens (including phenoxy) is 1. The molecule has 5 heteroatoms. The number of amides is 1. The van der Waals surface area contributed by atoms with Gasteiger partial charge in [0.05, 0.1) is 0 Å². The summed E-state index contributed by atoms with van der Waals surface area (Å²) in [5.41, 5.74) is 1.43. The molecule has 0 bridgehead atoms. The highest BCUT2D eigenvalue weighted by molar-refractivity contribution is 6.31. The van der Waals surface area contributed by atoms with E-state index < -0.39 is 0 Å². The maximum atomic E-state index is 11.8. The normalized spacial score (nSPS) is 14.8. The third kappa shape index (κ3) is 5.02. The number of rotatable bonds is 6. The minimum atomic E-state index is -0.348. The van der Waals surface area contributed by atoms with Gasteiger partial charge in [-0.2, -0.15) is 0 Å². The maximum absolute atomic E-state index is 11.8. The Bertz CT molecular complexity index is 539. The zero-order chi connectivity index (χ0) is 15.9. The van der Waals surface area contributed by atoms with Crippen molar-refractivity contribution in [3.8, 4) is 0 Å². The lowest BCUT2D eigenvalue weighted by molar-refractivity contribution is -0.147. The molecule has 1 aliphatic carbocycles. The van der Waals surface area contributed by atoms with Gasteiger partial charge in [-0.15, -0.1) is 0 Å². The first-order valence-electron chi connectivity index (χ1n) is 7.77. The first-order valence-corrected chi connectivity index (χ1v) is 8.14. The fourth-order valence-electron chi connectivity index (χ4n) is 2.77. The van der Waals surface area contributed by atoms with Crippen molar-refractivity contribution < 1.29 is 14.3 Å². The maximum Gasteiger partial charge on any atom is 0.306 e. The summed E-state index contributed by atoms with van der Waals surface area (Å²) < 4.78 is 5.02. The summed E-state index contributed by atoms with van der Waals surface area (Å²) in [7, 11) is 0. The number of hydrogen-bond acceptors (Lipinski definition) is 3. The third-order valence-corrected chi connectivity index (χ3v) is 4.55. The van der Waals surface area contributed by atoms with Crippen molar-refractivity contribution in [1.82, 2.24) is 0 Å². The van der Waals surface area contributed by atoms with Gasteiger partial charge in [-0.3, -0.25) is 9.59 Å². The van der Waals surface area contributed by atoms with E-state index >= 15 is 0 Å². The molecule has 1 aliphatic rings. The van der Waals surface area contributed by atoms with Gasteiger partial charge in [-0.1, -0.05) is 43.4 Å². The van der Waals surface area contributed by atoms with Gasteiger partial charge in [0.15, 0.2) is 6.61 Å². The van der Waals surface area contributed by atoms with Crippen LogP contribution in [0.15, 0.2) is 18.2 Å². The molecule has 1 saturated carbocycles. The largest absolute Gasteiger partial charge is 0.456 e. The average Bonchev–Trinajstić information content (AvgIpc) is 3.01. The van der Waals surface area contributed by atoms with Gasteiger partial charge in [0.2, 0.25) is 0 Å². The number of nitrogens with one attached hydrogen (secondary N) is 1. The van der Waals surface area contributed by atoms with Crippen molar-refractivity contribution in [2.45, 2.75) is 45.4 Å². The topological polar surface area (TPSA) is 55.4 Å². The van der Waals surface area contributed by atoms with Crippen molar-refractivity contribution in [2.24, 2.45) is 5.92 Å². The molecule has 22 heavy (non-hydrogen) atoms. The monoisotopic (exact) mass is 323 g/mol. The molecule has 0 spiro atoms. The molecule has 0 heterocycles. The second-order valence-corrected chi connectivity index (χ2v) is 6.22. The fourth-order valence-corrected chi connectivity index (χ4v) is 2.94. The summed E-state index contributed by atoms with van der Waals surface area (Å²) in [5, 5.41) is 3.29. The molecule has 2 rings (SSSR count). The van der Waals surface area contributed by atoms with E-state index in [4.69, 9.17) is 16.3 Å². The van der Waals surface area contributed by atoms with Gasteiger partial charge in [0.25, 0.3) is 5.91 Å². The van der Waals surface area contributed by atoms with Gasteiger partial charge < -0.3 is 10.1 Å². The zero-order valence-corrected chi connectivity index (χ0v) is 13.6. The number of esters is 1. The van der Waals surface area contributed by atoms with Gasteiger partial charge in [0.1, 0.15) is 0 Å². The van der Waals surface area contributed by atoms with Crippen LogP contribution >= 0.6 is 11.6 Å². The molecule has 0 atom stereocenters. The van der Waals surface area contributed by atoms with Crippen molar-refractivity contribution >= 4 is 29.2 Å². The number of anilines is 1. The molecule has 1 amide bonds. The molecule has 1 aromatic rings. The molecular weight excluding hydrogens is 302 g/mol. The smallest absolute Gasteiger partial charge is 0.306 e. The average molecular weight is 324 g/mol. The molecule has 0 saturated heterocycles. The predicted molar refractivity (Wildman–Crippen MR) is 87.0 cm³/mol. The molecular formula is C17H22ClNO3. The number of halogens is 1. The summed E-state index contributed by atoms with van der Waals surface area (Å²) >= 11 is 5.99. The van der Waals surface area contributed by atoms with Gasteiger partial charge >= 0.3 is 5.97 Å². The SMILES string of the molecule is Cc1c(Cl)cccc1NC(=O)COC(=O)CCC1CCCC1. The Hall–Kier alpha value is -1.55. The van der Waals surface area contributed by atoms with Gasteiger partial charge in [-0.05, 0) is 37.0 Å². The molecule has 0 radical (unpaired) electrons. The van der Waals surface area contributed by atoms with Crippen LogP contribution in [-0.2, 0) is 14.3 Å². The van der Waals surface area contributed by atoms with Crippen molar-refractivity contribution in [3.05, 3.63) is 28.8 Å². The van der Waals surface area contributed by atoms with Crippen LogP contribution in [0.3, 0.4) is 0 Å².